The molecule has 0 aliphatic heterocycles. The van der Waals surface area contributed by atoms with Crippen LogP contribution in [0.1, 0.15) is 5.56 Å². The van der Waals surface area contributed by atoms with E-state index in [1.54, 1.807) is 0 Å². The van der Waals surface area contributed by atoms with Crippen molar-refractivity contribution in [2.24, 2.45) is 10.9 Å². The van der Waals surface area contributed by atoms with Gasteiger partial charge < -0.3 is 15.7 Å². The third kappa shape index (κ3) is 3.27. The lowest BCUT2D eigenvalue weighted by Gasteiger charge is -2.10. The van der Waals surface area contributed by atoms with Gasteiger partial charge in [-0.2, -0.15) is 0 Å². The van der Waals surface area contributed by atoms with Crippen LogP contribution >= 0.6 is 15.9 Å². The number of hydrogen-bond acceptors (Lipinski definition) is 3. The maximum absolute atomic E-state index is 13.8. The lowest BCUT2D eigenvalue weighted by molar-refractivity contribution is 0.318. The zero-order chi connectivity index (χ0) is 15.6. The molecule has 0 spiro atoms. The zero-order valence-corrected chi connectivity index (χ0v) is 11.9. The van der Waals surface area contributed by atoms with Crippen molar-refractivity contribution in [3.63, 3.8) is 0 Å². The Bertz CT molecular complexity index is 700. The highest BCUT2D eigenvalue weighted by atomic mass is 79.9. The maximum atomic E-state index is 13.8. The van der Waals surface area contributed by atoms with Crippen molar-refractivity contribution in [3.05, 3.63) is 57.8 Å². The summed E-state index contributed by atoms with van der Waals surface area (Å²) in [5.41, 5.74) is 5.07. The summed E-state index contributed by atoms with van der Waals surface area (Å²) >= 11 is 3.05. The predicted molar refractivity (Wildman–Crippen MR) is 73.0 cm³/mol. The van der Waals surface area contributed by atoms with Crippen LogP contribution in [0.3, 0.4) is 0 Å². The molecule has 2 aromatic rings. The first-order chi connectivity index (χ1) is 9.92. The van der Waals surface area contributed by atoms with Gasteiger partial charge in [-0.25, -0.2) is 13.2 Å². The molecule has 0 heterocycles. The van der Waals surface area contributed by atoms with Gasteiger partial charge in [0.05, 0.1) is 0 Å². The molecule has 0 bridgehead atoms. The van der Waals surface area contributed by atoms with Crippen LogP contribution in [0, 0.1) is 17.5 Å². The van der Waals surface area contributed by atoms with Crippen LogP contribution in [0.4, 0.5) is 13.2 Å². The van der Waals surface area contributed by atoms with Gasteiger partial charge >= 0.3 is 0 Å². The largest absolute Gasteiger partial charge is 0.448 e. The summed E-state index contributed by atoms with van der Waals surface area (Å²) in [4.78, 5) is 0. The molecule has 0 unspecified atom stereocenters. The van der Waals surface area contributed by atoms with Crippen LogP contribution in [0.2, 0.25) is 0 Å². The lowest BCUT2D eigenvalue weighted by atomic mass is 10.2. The topological polar surface area (TPSA) is 67.8 Å². The third-order valence-corrected chi connectivity index (χ3v) is 3.00. The summed E-state index contributed by atoms with van der Waals surface area (Å²) in [5, 5.41) is 11.1. The van der Waals surface area contributed by atoms with E-state index >= 15 is 0 Å². The van der Waals surface area contributed by atoms with Crippen molar-refractivity contribution in [3.8, 4) is 11.5 Å². The minimum Gasteiger partial charge on any atom is -0.448 e. The van der Waals surface area contributed by atoms with Gasteiger partial charge in [0.2, 0.25) is 0 Å². The Morgan fingerprint density at radius 3 is 2.24 bits per heavy atom. The van der Waals surface area contributed by atoms with Crippen molar-refractivity contribution in [2.75, 3.05) is 0 Å². The van der Waals surface area contributed by atoms with E-state index in [1.807, 2.05) is 0 Å². The summed E-state index contributed by atoms with van der Waals surface area (Å²) in [6.45, 7) is 0. The summed E-state index contributed by atoms with van der Waals surface area (Å²) in [6, 6.07) is 5.39. The summed E-state index contributed by atoms with van der Waals surface area (Å²) < 4.78 is 46.6. The van der Waals surface area contributed by atoms with E-state index < -0.39 is 29.0 Å². The highest BCUT2D eigenvalue weighted by molar-refractivity contribution is 9.10. The molecule has 0 aliphatic rings. The molecule has 2 rings (SSSR count). The molecule has 3 N–H and O–H groups in total. The molecule has 0 aromatic heterocycles. The van der Waals surface area contributed by atoms with Crippen LogP contribution in [0.15, 0.2) is 40.0 Å². The first kappa shape index (κ1) is 15.2. The molecule has 4 nitrogen and oxygen atoms in total. The fourth-order valence-corrected chi connectivity index (χ4v) is 1.86. The molecule has 0 saturated carbocycles. The van der Waals surface area contributed by atoms with Gasteiger partial charge in [0.15, 0.2) is 34.8 Å². The smallest absolute Gasteiger partial charge is 0.198 e. The average molecular weight is 361 g/mol. The van der Waals surface area contributed by atoms with E-state index in [0.29, 0.717) is 4.47 Å². The van der Waals surface area contributed by atoms with Gasteiger partial charge in [0, 0.05) is 10.0 Å². The molecule has 8 heteroatoms. The van der Waals surface area contributed by atoms with E-state index in [1.165, 1.54) is 12.1 Å². The van der Waals surface area contributed by atoms with Crippen LogP contribution in [-0.2, 0) is 0 Å². The Kier molecular flexibility index (Phi) is 4.37. The number of amidine groups is 1. The first-order valence-electron chi connectivity index (χ1n) is 5.52. The maximum Gasteiger partial charge on any atom is 0.198 e. The minimum absolute atomic E-state index is 0.170. The monoisotopic (exact) mass is 360 g/mol. The Morgan fingerprint density at radius 2 is 1.71 bits per heavy atom. The molecular weight excluding hydrogens is 353 g/mol. The molecular formula is C13H8BrF3N2O2. The highest BCUT2D eigenvalue weighted by Crippen LogP contribution is 2.31. The van der Waals surface area contributed by atoms with E-state index in [4.69, 9.17) is 15.7 Å². The summed E-state index contributed by atoms with van der Waals surface area (Å²) in [7, 11) is 0. The van der Waals surface area contributed by atoms with Gasteiger partial charge in [-0.1, -0.05) is 21.1 Å². The van der Waals surface area contributed by atoms with Crippen LogP contribution in [-0.4, -0.2) is 11.0 Å². The van der Waals surface area contributed by atoms with Crippen molar-refractivity contribution in [1.82, 2.24) is 0 Å². The SMILES string of the molecule is N/C(=N/O)c1cc(F)c(Oc2ccc(Br)cc2F)c(F)c1. The van der Waals surface area contributed by atoms with E-state index in [0.717, 1.165) is 18.2 Å². The standard InChI is InChI=1S/C13H8BrF3N2O2/c14-7-1-2-11(8(15)5-7)21-12-9(16)3-6(4-10(12)17)13(18)19-20/h1-5,20H,(H2,18,19). The van der Waals surface area contributed by atoms with E-state index in [2.05, 4.69) is 21.1 Å². The molecule has 0 aliphatic carbocycles. The first-order valence-corrected chi connectivity index (χ1v) is 6.31. The Balaban J connectivity index is 2.41. The molecule has 0 saturated heterocycles. The minimum atomic E-state index is -1.11. The number of benzene rings is 2. The highest BCUT2D eigenvalue weighted by Gasteiger charge is 2.17. The van der Waals surface area contributed by atoms with Crippen LogP contribution in [0.5, 0.6) is 11.5 Å². The van der Waals surface area contributed by atoms with Crippen molar-refractivity contribution >= 4 is 21.8 Å². The number of oxime groups is 1. The molecule has 0 atom stereocenters. The van der Waals surface area contributed by atoms with E-state index in [-0.39, 0.29) is 11.3 Å². The number of halogens is 4. The van der Waals surface area contributed by atoms with Crippen molar-refractivity contribution in [1.29, 1.82) is 0 Å². The van der Waals surface area contributed by atoms with Crippen molar-refractivity contribution in [2.45, 2.75) is 0 Å². The molecule has 2 aromatic carbocycles. The van der Waals surface area contributed by atoms with Gasteiger partial charge in [0.1, 0.15) is 0 Å². The Hall–Kier alpha value is -2.22. The molecule has 0 radical (unpaired) electrons. The second-order valence-corrected chi connectivity index (χ2v) is 4.85. The number of ether oxygens (including phenoxy) is 1. The number of hydrogen-bond donors (Lipinski definition) is 2. The number of nitrogens with two attached hydrogens (primary N) is 1. The lowest BCUT2D eigenvalue weighted by Crippen LogP contribution is -2.14. The summed E-state index contributed by atoms with van der Waals surface area (Å²) in [5.74, 6) is -4.60. The molecule has 110 valence electrons. The van der Waals surface area contributed by atoms with Gasteiger partial charge in [-0.05, 0) is 30.3 Å². The number of rotatable bonds is 3. The molecule has 0 amide bonds. The zero-order valence-electron chi connectivity index (χ0n) is 10.3. The normalized spacial score (nSPS) is 11.5. The fourth-order valence-electron chi connectivity index (χ4n) is 1.53. The fraction of sp³-hybridized carbons (Fsp3) is 0. The van der Waals surface area contributed by atoms with Crippen LogP contribution in [0.25, 0.3) is 0 Å². The number of nitrogens with zero attached hydrogens (tertiary/aromatic N) is 1. The molecule has 0 fully saturated rings. The predicted octanol–water partition coefficient (Wildman–Crippen LogP) is 3.75. The average Bonchev–Trinajstić information content (AvgIpc) is 2.43. The molecule has 21 heavy (non-hydrogen) atoms. The second-order valence-electron chi connectivity index (χ2n) is 3.93. The van der Waals surface area contributed by atoms with Gasteiger partial charge in [-0.15, -0.1) is 0 Å². The third-order valence-electron chi connectivity index (χ3n) is 2.51. The van der Waals surface area contributed by atoms with Crippen molar-refractivity contribution < 1.29 is 23.1 Å². The second kappa shape index (κ2) is 6.04. The Morgan fingerprint density at radius 1 is 1.10 bits per heavy atom. The summed E-state index contributed by atoms with van der Waals surface area (Å²) in [6.07, 6.45) is 0. The van der Waals surface area contributed by atoms with Crippen LogP contribution < -0.4 is 10.5 Å². The van der Waals surface area contributed by atoms with Gasteiger partial charge in [0.25, 0.3) is 0 Å². The quantitative estimate of drug-likeness (QED) is 0.379. The Labute approximate surface area is 125 Å². The van der Waals surface area contributed by atoms with Gasteiger partial charge in [-0.3, -0.25) is 0 Å². The van der Waals surface area contributed by atoms with E-state index in [9.17, 15) is 13.2 Å².